The number of amides is 2. The highest BCUT2D eigenvalue weighted by Gasteiger charge is 2.34. The van der Waals surface area contributed by atoms with Crippen LogP contribution in [-0.2, 0) is 4.79 Å². The molecule has 2 amide bonds. The molecule has 0 aliphatic carbocycles. The molecule has 0 fully saturated rings. The lowest BCUT2D eigenvalue weighted by Gasteiger charge is -2.40. The van der Waals surface area contributed by atoms with E-state index in [1.54, 1.807) is 5.01 Å². The molecule has 0 spiro atoms. The zero-order valence-corrected chi connectivity index (χ0v) is 21.2. The van der Waals surface area contributed by atoms with Crippen LogP contribution >= 0.6 is 0 Å². The number of hydrazine groups is 1. The Hall–Kier alpha value is -3.16. The molecule has 2 N–H and O–H groups in total. The van der Waals surface area contributed by atoms with Gasteiger partial charge in [0.05, 0.1) is 12.6 Å². The lowest BCUT2D eigenvalue weighted by Crippen LogP contribution is -2.53. The first-order chi connectivity index (χ1) is 15.9. The van der Waals surface area contributed by atoms with Crippen molar-refractivity contribution < 1.29 is 24.2 Å². The summed E-state index contributed by atoms with van der Waals surface area (Å²) >= 11 is 0. The van der Waals surface area contributed by atoms with Gasteiger partial charge in [0.15, 0.2) is 0 Å². The van der Waals surface area contributed by atoms with E-state index in [1.165, 1.54) is 11.8 Å². The Morgan fingerprint density at radius 2 is 2.03 bits per heavy atom. The van der Waals surface area contributed by atoms with Gasteiger partial charge in [-0.25, -0.2) is 4.79 Å². The highest BCUT2D eigenvalue weighted by atomic mass is 16.5. The van der Waals surface area contributed by atoms with Crippen molar-refractivity contribution in [3.05, 3.63) is 41.6 Å². The third-order valence-corrected chi connectivity index (χ3v) is 5.91. The summed E-state index contributed by atoms with van der Waals surface area (Å²) in [5, 5.41) is 11.6. The summed E-state index contributed by atoms with van der Waals surface area (Å²) in [5.41, 5.74) is 5.41. The zero-order chi connectivity index (χ0) is 25.2. The van der Waals surface area contributed by atoms with Crippen LogP contribution in [0.3, 0.4) is 0 Å². The van der Waals surface area contributed by atoms with Crippen molar-refractivity contribution in [3.63, 3.8) is 0 Å². The molecule has 0 aromatic heterocycles. The molecule has 34 heavy (non-hydrogen) atoms. The van der Waals surface area contributed by atoms with Crippen LogP contribution in [-0.4, -0.2) is 57.9 Å². The number of benzene rings is 1. The number of nitrogens with one attached hydrogen (secondary N) is 1. The Kier molecular flexibility index (Phi) is 7.48. The van der Waals surface area contributed by atoms with Crippen LogP contribution in [0.2, 0.25) is 0 Å². The van der Waals surface area contributed by atoms with Crippen molar-refractivity contribution in [2.24, 2.45) is 5.92 Å². The predicted octanol–water partition coefficient (Wildman–Crippen LogP) is 4.67. The maximum Gasteiger partial charge on any atom is 0.408 e. The van der Waals surface area contributed by atoms with Gasteiger partial charge < -0.3 is 14.6 Å². The van der Waals surface area contributed by atoms with Crippen LogP contribution in [0.5, 0.6) is 11.5 Å². The van der Waals surface area contributed by atoms with Crippen molar-refractivity contribution in [2.45, 2.75) is 72.6 Å². The van der Waals surface area contributed by atoms with E-state index in [9.17, 15) is 14.7 Å². The van der Waals surface area contributed by atoms with Gasteiger partial charge in [-0.15, -0.1) is 0 Å². The van der Waals surface area contributed by atoms with E-state index in [0.29, 0.717) is 30.4 Å². The molecule has 2 aliphatic rings. The maximum absolute atomic E-state index is 12.0. The van der Waals surface area contributed by atoms with Crippen molar-refractivity contribution in [1.29, 1.82) is 0 Å². The molecule has 0 saturated carbocycles. The molecule has 1 aromatic rings. The van der Waals surface area contributed by atoms with E-state index in [4.69, 9.17) is 9.47 Å². The van der Waals surface area contributed by atoms with Gasteiger partial charge in [0.1, 0.15) is 24.2 Å². The minimum Gasteiger partial charge on any atom is -0.491 e. The fraction of sp³-hybridized carbons (Fsp3) is 0.538. The Balaban J connectivity index is 1.81. The van der Waals surface area contributed by atoms with Crippen LogP contribution in [0.4, 0.5) is 4.79 Å². The Labute approximate surface area is 202 Å². The van der Waals surface area contributed by atoms with Crippen molar-refractivity contribution in [2.75, 3.05) is 13.2 Å². The molecule has 1 aromatic carbocycles. The molecular weight excluding hydrogens is 434 g/mol. The Morgan fingerprint density at radius 1 is 1.32 bits per heavy atom. The summed E-state index contributed by atoms with van der Waals surface area (Å²) in [7, 11) is 0. The van der Waals surface area contributed by atoms with Crippen LogP contribution < -0.4 is 14.9 Å². The van der Waals surface area contributed by atoms with Gasteiger partial charge in [-0.05, 0) is 69.4 Å². The summed E-state index contributed by atoms with van der Waals surface area (Å²) in [6.07, 6.45) is 3.43. The Bertz CT molecular complexity index is 993. The number of rotatable bonds is 7. The number of nitrogens with zero attached hydrogens (tertiary/aromatic N) is 2. The second-order valence-electron chi connectivity index (χ2n) is 10.4. The fourth-order valence-corrected chi connectivity index (χ4v) is 4.65. The van der Waals surface area contributed by atoms with Crippen molar-refractivity contribution >= 4 is 17.6 Å². The molecule has 186 valence electrons. The third kappa shape index (κ3) is 5.85. The summed E-state index contributed by atoms with van der Waals surface area (Å²) in [4.78, 5) is 25.0. The molecule has 2 heterocycles. The van der Waals surface area contributed by atoms with E-state index in [-0.39, 0.29) is 24.7 Å². The first kappa shape index (κ1) is 25.5. The predicted molar refractivity (Wildman–Crippen MR) is 131 cm³/mol. The topological polar surface area (TPSA) is 91.3 Å². The molecule has 1 unspecified atom stereocenters. The largest absolute Gasteiger partial charge is 0.491 e. The number of ether oxygens (including phenoxy) is 2. The summed E-state index contributed by atoms with van der Waals surface area (Å²) in [5.74, 6) is 1.54. The number of carboxylic acid groups (broad SMARTS) is 1. The Morgan fingerprint density at radius 3 is 2.62 bits per heavy atom. The van der Waals surface area contributed by atoms with Gasteiger partial charge in [-0.1, -0.05) is 13.8 Å². The van der Waals surface area contributed by atoms with Crippen LogP contribution in [0.25, 0.3) is 5.57 Å². The molecule has 0 bridgehead atoms. The average Bonchev–Trinajstić information content (AvgIpc) is 2.69. The number of carbonyl (C=O) groups excluding carboxylic acids is 1. The summed E-state index contributed by atoms with van der Waals surface area (Å²) in [6, 6.07) is 5.44. The highest BCUT2D eigenvalue weighted by molar-refractivity contribution is 5.80. The standard InChI is InChI=1S/C26H37N3O5/c1-16(2)12-19(29(25(31)32)26(5,6)7)15-33-20-8-9-22-23-14-28(27-18(4)30)11-10-21(23)17(3)34-24(22)13-20/h8-11,13,16-17,19H,12,14-15H2,1-7H3,(H,27,30)(H,31,32)/t17?,19-/m0/s1. The smallest absolute Gasteiger partial charge is 0.408 e. The maximum atomic E-state index is 12.0. The van der Waals surface area contributed by atoms with Gasteiger partial charge in [-0.2, -0.15) is 0 Å². The monoisotopic (exact) mass is 471 g/mol. The van der Waals surface area contributed by atoms with Crippen molar-refractivity contribution in [1.82, 2.24) is 15.3 Å². The van der Waals surface area contributed by atoms with Crippen molar-refractivity contribution in [3.8, 4) is 11.5 Å². The van der Waals surface area contributed by atoms with Crippen LogP contribution in [0.1, 0.15) is 60.5 Å². The van der Waals surface area contributed by atoms with Gasteiger partial charge >= 0.3 is 6.09 Å². The van der Waals surface area contributed by atoms with E-state index in [1.807, 2.05) is 58.2 Å². The number of hydrogen-bond donors (Lipinski definition) is 2. The molecule has 2 aliphatic heterocycles. The molecule has 8 nitrogen and oxygen atoms in total. The fourth-order valence-electron chi connectivity index (χ4n) is 4.65. The summed E-state index contributed by atoms with van der Waals surface area (Å²) in [6.45, 7) is 14.1. The average molecular weight is 472 g/mol. The van der Waals surface area contributed by atoms with Gasteiger partial charge in [0.2, 0.25) is 5.91 Å². The number of fused-ring (bicyclic) bond motifs is 2. The van der Waals surface area contributed by atoms with E-state index in [2.05, 4.69) is 19.3 Å². The first-order valence-electron chi connectivity index (χ1n) is 11.8. The molecule has 0 radical (unpaired) electrons. The number of hydrogen-bond acceptors (Lipinski definition) is 5. The summed E-state index contributed by atoms with van der Waals surface area (Å²) < 4.78 is 12.3. The molecule has 2 atom stereocenters. The second kappa shape index (κ2) is 9.99. The zero-order valence-electron chi connectivity index (χ0n) is 21.2. The van der Waals surface area contributed by atoms with Crippen LogP contribution in [0, 0.1) is 5.92 Å². The lowest BCUT2D eigenvalue weighted by atomic mass is 9.91. The van der Waals surface area contributed by atoms with Crippen LogP contribution in [0.15, 0.2) is 36.0 Å². The quantitative estimate of drug-likeness (QED) is 0.600. The normalized spacial score (nSPS) is 18.1. The minimum atomic E-state index is -0.946. The highest BCUT2D eigenvalue weighted by Crippen LogP contribution is 2.40. The lowest BCUT2D eigenvalue weighted by molar-refractivity contribution is -0.122. The SMILES string of the molecule is CC(=O)NN1C=CC2=C(C1)c1ccc(OC[C@H](CC(C)C)N(C(=O)O)C(C)(C)C)cc1OC2C. The molecule has 8 heteroatoms. The number of carbonyl (C=O) groups is 2. The first-order valence-corrected chi connectivity index (χ1v) is 11.8. The third-order valence-electron chi connectivity index (χ3n) is 5.91. The molecular formula is C26H37N3O5. The molecule has 3 rings (SSSR count). The van der Waals surface area contributed by atoms with Gasteiger partial charge in [-0.3, -0.25) is 20.1 Å². The van der Waals surface area contributed by atoms with E-state index < -0.39 is 11.6 Å². The van der Waals surface area contributed by atoms with E-state index in [0.717, 1.165) is 16.7 Å². The molecule has 0 saturated heterocycles. The second-order valence-corrected chi connectivity index (χ2v) is 10.4. The minimum absolute atomic E-state index is 0.126. The van der Waals surface area contributed by atoms with Gasteiger partial charge in [0.25, 0.3) is 0 Å². The van der Waals surface area contributed by atoms with E-state index >= 15 is 0 Å². The van der Waals surface area contributed by atoms with Gasteiger partial charge in [0, 0.05) is 30.3 Å².